The van der Waals surface area contributed by atoms with Gasteiger partial charge >= 0.3 is 12.0 Å². The van der Waals surface area contributed by atoms with Crippen LogP contribution in [0.15, 0.2) is 74.9 Å². The molecule has 0 spiro atoms. The number of carbonyl (C=O) groups excluding carboxylic acids is 2. The number of rotatable bonds is 7. The van der Waals surface area contributed by atoms with Crippen molar-refractivity contribution >= 4 is 40.8 Å². The molecule has 4 rings (SSSR count). The number of aromatic nitrogens is 2. The number of esters is 1. The fourth-order valence-electron chi connectivity index (χ4n) is 3.25. The molecule has 2 aromatic heterocycles. The molecule has 0 atom stereocenters. The highest BCUT2D eigenvalue weighted by atomic mass is 32.2. The molecule has 2 amide bonds. The first kappa shape index (κ1) is 23.1. The second-order valence-electron chi connectivity index (χ2n) is 7.21. The quantitative estimate of drug-likeness (QED) is 0.292. The number of nitrogens with one attached hydrogen (secondary N) is 2. The Balaban J connectivity index is 1.47. The number of amides is 2. The first-order chi connectivity index (χ1) is 16.4. The molecule has 0 saturated carbocycles. The number of anilines is 2. The molecule has 2 N–H and O–H groups in total. The number of para-hydroxylation sites is 2. The molecule has 2 aromatic carbocycles. The van der Waals surface area contributed by atoms with Gasteiger partial charge in [-0.15, -0.1) is 16.3 Å². The number of ether oxygens (including phenoxy) is 1. The third kappa shape index (κ3) is 5.29. The van der Waals surface area contributed by atoms with Crippen molar-refractivity contribution in [2.24, 2.45) is 0 Å². The van der Waals surface area contributed by atoms with E-state index in [2.05, 4.69) is 15.6 Å². The van der Waals surface area contributed by atoms with Crippen LogP contribution in [-0.4, -0.2) is 28.2 Å². The van der Waals surface area contributed by atoms with Crippen LogP contribution in [0, 0.1) is 6.92 Å². The first-order valence-corrected chi connectivity index (χ1v) is 11.5. The van der Waals surface area contributed by atoms with Crippen LogP contribution in [-0.2, 0) is 10.5 Å². The maximum absolute atomic E-state index is 12.7. The summed E-state index contributed by atoms with van der Waals surface area (Å²) in [7, 11) is 0. The van der Waals surface area contributed by atoms with Crippen molar-refractivity contribution < 1.29 is 18.8 Å². The van der Waals surface area contributed by atoms with Gasteiger partial charge in [0.15, 0.2) is 5.65 Å². The summed E-state index contributed by atoms with van der Waals surface area (Å²) in [5, 5.41) is 5.52. The van der Waals surface area contributed by atoms with Crippen LogP contribution in [0.4, 0.5) is 16.2 Å². The molecule has 0 aliphatic heterocycles. The minimum atomic E-state index is -0.512. The Bertz CT molecular complexity index is 1410. The number of hydrogen-bond acceptors (Lipinski definition) is 7. The predicted octanol–water partition coefficient (Wildman–Crippen LogP) is 4.71. The van der Waals surface area contributed by atoms with Crippen LogP contribution in [0.1, 0.15) is 28.7 Å². The number of aryl methyl sites for hydroxylation is 1. The van der Waals surface area contributed by atoms with Crippen LogP contribution in [0.25, 0.3) is 5.65 Å². The van der Waals surface area contributed by atoms with Gasteiger partial charge < -0.3 is 19.9 Å². The minimum Gasteiger partial charge on any atom is -0.462 e. The third-order valence-corrected chi connectivity index (χ3v) is 5.81. The molecule has 0 fully saturated rings. The van der Waals surface area contributed by atoms with Gasteiger partial charge in [0.25, 0.3) is 5.56 Å². The minimum absolute atomic E-state index is 0.235. The van der Waals surface area contributed by atoms with E-state index in [4.69, 9.17) is 9.26 Å². The largest absolute Gasteiger partial charge is 0.462 e. The smallest absolute Gasteiger partial charge is 0.340 e. The Hall–Kier alpha value is -4.05. The average Bonchev–Trinajstić information content (AvgIpc) is 3.20. The van der Waals surface area contributed by atoms with Gasteiger partial charge in [-0.25, -0.2) is 14.6 Å². The topological polar surface area (TPSA) is 115 Å². The summed E-state index contributed by atoms with van der Waals surface area (Å²) in [4.78, 5) is 42.3. The van der Waals surface area contributed by atoms with Gasteiger partial charge in [0.05, 0.1) is 29.2 Å². The van der Waals surface area contributed by atoms with Gasteiger partial charge in [-0.2, -0.15) is 0 Å². The molecule has 174 valence electrons. The van der Waals surface area contributed by atoms with E-state index in [-0.39, 0.29) is 17.7 Å². The monoisotopic (exact) mass is 478 g/mol. The molecule has 34 heavy (non-hydrogen) atoms. The lowest BCUT2D eigenvalue weighted by Crippen LogP contribution is -2.21. The maximum Gasteiger partial charge on any atom is 0.340 e. The van der Waals surface area contributed by atoms with Crippen molar-refractivity contribution in [3.63, 3.8) is 0 Å². The second kappa shape index (κ2) is 10.3. The van der Waals surface area contributed by atoms with Crippen LogP contribution in [0.3, 0.4) is 0 Å². The number of carbonyl (C=O) groups is 2. The van der Waals surface area contributed by atoms with Crippen LogP contribution in [0.5, 0.6) is 0 Å². The Morgan fingerprint density at radius 1 is 1.06 bits per heavy atom. The molecule has 0 bridgehead atoms. The lowest BCUT2D eigenvalue weighted by Gasteiger charge is -2.13. The molecular weight excluding hydrogens is 456 g/mol. The summed E-state index contributed by atoms with van der Waals surface area (Å²) in [6.45, 7) is 3.70. The SMILES string of the molecule is CCOC(=O)c1ccccc1NC(=O)Nc1ccccc1SCc1cc(=O)n2oc(C)cc2n1. The summed E-state index contributed by atoms with van der Waals surface area (Å²) in [5.41, 5.74) is 1.95. The number of nitrogens with zero attached hydrogens (tertiary/aromatic N) is 2. The Morgan fingerprint density at radius 3 is 2.56 bits per heavy atom. The fourth-order valence-corrected chi connectivity index (χ4v) is 4.15. The maximum atomic E-state index is 12.7. The summed E-state index contributed by atoms with van der Waals surface area (Å²) in [5.74, 6) is 0.504. The summed E-state index contributed by atoms with van der Waals surface area (Å²) >= 11 is 1.43. The number of benzene rings is 2. The standard InChI is InChI=1S/C24H22N4O5S/c1-3-32-23(30)17-8-4-5-9-18(17)26-24(31)27-19-10-6-7-11-20(19)34-14-16-13-22(29)28-21(25-16)12-15(2)33-28/h4-13H,3,14H2,1-2H3,(H2,26,27,31). The fraction of sp³-hybridized carbons (Fsp3) is 0.167. The lowest BCUT2D eigenvalue weighted by atomic mass is 10.2. The Labute approximate surface area is 199 Å². The van der Waals surface area contributed by atoms with Gasteiger partial charge in [-0.1, -0.05) is 24.3 Å². The Kier molecular flexibility index (Phi) is 6.98. The van der Waals surface area contributed by atoms with Crippen molar-refractivity contribution in [2.75, 3.05) is 17.2 Å². The zero-order chi connectivity index (χ0) is 24.1. The molecule has 10 heteroatoms. The molecule has 0 saturated heterocycles. The highest BCUT2D eigenvalue weighted by Crippen LogP contribution is 2.29. The molecule has 0 aliphatic carbocycles. The second-order valence-corrected chi connectivity index (χ2v) is 8.23. The van der Waals surface area contributed by atoms with Gasteiger partial charge in [0, 0.05) is 22.8 Å². The van der Waals surface area contributed by atoms with Gasteiger partial charge in [0.2, 0.25) is 0 Å². The van der Waals surface area contributed by atoms with Crippen molar-refractivity contribution in [2.45, 2.75) is 24.5 Å². The van der Waals surface area contributed by atoms with E-state index in [1.54, 1.807) is 56.3 Å². The third-order valence-electron chi connectivity index (χ3n) is 4.71. The number of thioether (sulfide) groups is 1. The van der Waals surface area contributed by atoms with E-state index in [9.17, 15) is 14.4 Å². The lowest BCUT2D eigenvalue weighted by molar-refractivity contribution is 0.0527. The van der Waals surface area contributed by atoms with E-state index >= 15 is 0 Å². The van der Waals surface area contributed by atoms with Crippen molar-refractivity contribution in [1.82, 2.24) is 9.56 Å². The van der Waals surface area contributed by atoms with E-state index in [1.165, 1.54) is 17.8 Å². The number of urea groups is 1. The van der Waals surface area contributed by atoms with Crippen molar-refractivity contribution in [3.05, 3.63) is 88.0 Å². The molecular formula is C24H22N4O5S. The van der Waals surface area contributed by atoms with E-state index in [1.807, 2.05) is 12.1 Å². The van der Waals surface area contributed by atoms with Crippen LogP contribution >= 0.6 is 11.8 Å². The summed E-state index contributed by atoms with van der Waals surface area (Å²) in [6.07, 6.45) is 0. The molecule has 0 aliphatic rings. The van der Waals surface area contributed by atoms with E-state index < -0.39 is 12.0 Å². The number of fused-ring (bicyclic) bond motifs is 1. The van der Waals surface area contributed by atoms with Crippen molar-refractivity contribution in [3.8, 4) is 0 Å². The Morgan fingerprint density at radius 2 is 1.76 bits per heavy atom. The molecule has 2 heterocycles. The van der Waals surface area contributed by atoms with Gasteiger partial charge in [-0.3, -0.25) is 4.79 Å². The van der Waals surface area contributed by atoms with Crippen LogP contribution in [0.2, 0.25) is 0 Å². The summed E-state index contributed by atoms with van der Waals surface area (Å²) in [6, 6.07) is 16.5. The predicted molar refractivity (Wildman–Crippen MR) is 130 cm³/mol. The van der Waals surface area contributed by atoms with Gasteiger partial charge in [0.1, 0.15) is 5.76 Å². The molecule has 4 aromatic rings. The number of hydrogen-bond donors (Lipinski definition) is 2. The van der Waals surface area contributed by atoms with E-state index in [0.29, 0.717) is 34.2 Å². The summed E-state index contributed by atoms with van der Waals surface area (Å²) < 4.78 is 11.5. The first-order valence-electron chi connectivity index (χ1n) is 10.5. The molecule has 0 radical (unpaired) electrons. The van der Waals surface area contributed by atoms with Crippen molar-refractivity contribution in [1.29, 1.82) is 0 Å². The normalized spacial score (nSPS) is 10.8. The van der Waals surface area contributed by atoms with Gasteiger partial charge in [-0.05, 0) is 38.1 Å². The zero-order valence-electron chi connectivity index (χ0n) is 18.5. The van der Waals surface area contributed by atoms with Crippen LogP contribution < -0.4 is 16.2 Å². The molecule has 0 unspecified atom stereocenters. The van der Waals surface area contributed by atoms with E-state index in [0.717, 1.165) is 9.47 Å². The highest BCUT2D eigenvalue weighted by molar-refractivity contribution is 7.98. The zero-order valence-corrected chi connectivity index (χ0v) is 19.3. The highest BCUT2D eigenvalue weighted by Gasteiger charge is 2.15. The average molecular weight is 479 g/mol. The molecule has 9 nitrogen and oxygen atoms in total.